The third-order valence-electron chi connectivity index (χ3n) is 5.59. The third-order valence-corrected chi connectivity index (χ3v) is 6.33. The highest BCUT2D eigenvalue weighted by Gasteiger charge is 2.27. The monoisotopic (exact) mass is 422 g/mol. The lowest BCUT2D eigenvalue weighted by Crippen LogP contribution is -2.38. The summed E-state index contributed by atoms with van der Waals surface area (Å²) < 4.78 is 10.5. The van der Waals surface area contributed by atoms with Crippen molar-refractivity contribution in [1.82, 2.24) is 19.2 Å². The summed E-state index contributed by atoms with van der Waals surface area (Å²) in [6.07, 6.45) is 5.79. The van der Waals surface area contributed by atoms with Crippen molar-refractivity contribution < 1.29 is 9.53 Å². The van der Waals surface area contributed by atoms with Crippen LogP contribution in [0.2, 0.25) is 0 Å². The Morgan fingerprint density at radius 3 is 2.93 bits per heavy atom. The summed E-state index contributed by atoms with van der Waals surface area (Å²) in [5, 5.41) is 3.50. The molecule has 2 aliphatic heterocycles. The molecule has 1 atom stereocenters. The molecule has 0 aliphatic carbocycles. The number of carbonyl (C=O) groups excluding carboxylic acids is 1. The first-order valence-corrected chi connectivity index (χ1v) is 10.7. The van der Waals surface area contributed by atoms with Gasteiger partial charge in [0.05, 0.1) is 6.54 Å². The van der Waals surface area contributed by atoms with Crippen LogP contribution in [0.4, 0.5) is 15.6 Å². The second-order valence-electron chi connectivity index (χ2n) is 7.56. The van der Waals surface area contributed by atoms with E-state index in [1.165, 1.54) is 24.4 Å². The number of likely N-dealkylation sites (N-methyl/N-ethyl adjacent to an activating group) is 1. The van der Waals surface area contributed by atoms with Crippen LogP contribution in [0, 0.1) is 0 Å². The standard InChI is InChI=1S/C21H22N6O2S/c1-26-10-2-3-16(26)13-29-17-4-5-18-15(11-17)12-27(20(28)23-18)21-24-19(25-30-21)14-6-8-22-9-7-14/h4-9,11,16H,2-3,10,12-13H2,1H3,(H,23,28)/t16-/m0/s1. The van der Waals surface area contributed by atoms with Crippen molar-refractivity contribution in [2.75, 3.05) is 30.4 Å². The number of rotatable bonds is 5. The molecular weight excluding hydrogens is 400 g/mol. The summed E-state index contributed by atoms with van der Waals surface area (Å²) in [4.78, 5) is 25.2. The Hall–Kier alpha value is -3.04. The molecule has 30 heavy (non-hydrogen) atoms. The van der Waals surface area contributed by atoms with Crippen LogP contribution >= 0.6 is 11.5 Å². The van der Waals surface area contributed by atoms with Crippen LogP contribution in [-0.4, -0.2) is 51.5 Å². The lowest BCUT2D eigenvalue weighted by Gasteiger charge is -2.27. The van der Waals surface area contributed by atoms with Crippen molar-refractivity contribution in [1.29, 1.82) is 0 Å². The third kappa shape index (κ3) is 3.73. The zero-order valence-electron chi connectivity index (χ0n) is 16.6. The number of hydrogen-bond acceptors (Lipinski definition) is 7. The lowest BCUT2D eigenvalue weighted by molar-refractivity contribution is 0.198. The number of anilines is 2. The lowest BCUT2D eigenvalue weighted by atomic mass is 10.1. The number of likely N-dealkylation sites (tertiary alicyclic amines) is 1. The normalized spacial score (nSPS) is 18.9. The minimum Gasteiger partial charge on any atom is -0.492 e. The van der Waals surface area contributed by atoms with E-state index in [2.05, 4.69) is 31.6 Å². The molecule has 1 fully saturated rings. The van der Waals surface area contributed by atoms with Gasteiger partial charge < -0.3 is 15.0 Å². The molecule has 3 aromatic rings. The van der Waals surface area contributed by atoms with Crippen molar-refractivity contribution in [2.45, 2.75) is 25.4 Å². The molecule has 1 N–H and O–H groups in total. The van der Waals surface area contributed by atoms with Crippen LogP contribution in [0.1, 0.15) is 18.4 Å². The highest BCUT2D eigenvalue weighted by molar-refractivity contribution is 7.10. The first-order valence-electron chi connectivity index (χ1n) is 9.96. The SMILES string of the molecule is CN1CCC[C@H]1COc1ccc2c(c1)CN(c1nc(-c3ccncc3)ns1)C(=O)N2. The van der Waals surface area contributed by atoms with Gasteiger partial charge in [-0.2, -0.15) is 9.36 Å². The van der Waals surface area contributed by atoms with Crippen LogP contribution in [0.5, 0.6) is 5.75 Å². The fourth-order valence-electron chi connectivity index (χ4n) is 3.82. The van der Waals surface area contributed by atoms with Crippen molar-refractivity contribution in [3.8, 4) is 17.1 Å². The largest absolute Gasteiger partial charge is 0.492 e. The Morgan fingerprint density at radius 2 is 2.13 bits per heavy atom. The quantitative estimate of drug-likeness (QED) is 0.676. The van der Waals surface area contributed by atoms with E-state index in [1.807, 2.05) is 30.3 Å². The van der Waals surface area contributed by atoms with Crippen LogP contribution in [0.25, 0.3) is 11.4 Å². The minimum absolute atomic E-state index is 0.207. The molecule has 2 aliphatic rings. The molecule has 4 heterocycles. The molecular formula is C21H22N6O2S. The molecule has 0 spiro atoms. The summed E-state index contributed by atoms with van der Waals surface area (Å²) in [6, 6.07) is 9.77. The molecule has 2 aromatic heterocycles. The van der Waals surface area contributed by atoms with Crippen molar-refractivity contribution >= 4 is 28.4 Å². The molecule has 0 bridgehead atoms. The Labute approximate surface area is 178 Å². The predicted molar refractivity (Wildman–Crippen MR) is 116 cm³/mol. The van der Waals surface area contributed by atoms with Gasteiger partial charge in [-0.25, -0.2) is 4.79 Å². The highest BCUT2D eigenvalue weighted by Crippen LogP contribution is 2.32. The van der Waals surface area contributed by atoms with Crippen LogP contribution in [-0.2, 0) is 6.54 Å². The summed E-state index contributed by atoms with van der Waals surface area (Å²) >= 11 is 1.21. The van der Waals surface area contributed by atoms with Gasteiger partial charge in [-0.15, -0.1) is 0 Å². The molecule has 1 saturated heterocycles. The maximum atomic E-state index is 12.6. The molecule has 0 saturated carbocycles. The Balaban J connectivity index is 1.32. The number of fused-ring (bicyclic) bond motifs is 1. The van der Waals surface area contributed by atoms with Crippen molar-refractivity contribution in [3.63, 3.8) is 0 Å². The summed E-state index contributed by atoms with van der Waals surface area (Å²) in [5.41, 5.74) is 2.67. The zero-order valence-corrected chi connectivity index (χ0v) is 17.4. The number of hydrogen-bond donors (Lipinski definition) is 1. The zero-order chi connectivity index (χ0) is 20.5. The molecule has 0 unspecified atom stereocenters. The molecule has 8 nitrogen and oxygen atoms in total. The number of aromatic nitrogens is 3. The number of carbonyl (C=O) groups is 1. The van der Waals surface area contributed by atoms with Crippen LogP contribution in [0.3, 0.4) is 0 Å². The number of pyridine rings is 1. The van der Waals surface area contributed by atoms with Gasteiger partial charge in [0, 0.05) is 41.2 Å². The number of nitrogens with zero attached hydrogens (tertiary/aromatic N) is 5. The van der Waals surface area contributed by atoms with Gasteiger partial charge in [-0.1, -0.05) is 0 Å². The fourth-order valence-corrected chi connectivity index (χ4v) is 4.51. The van der Waals surface area contributed by atoms with Gasteiger partial charge >= 0.3 is 6.03 Å². The van der Waals surface area contributed by atoms with Gasteiger partial charge in [0.25, 0.3) is 0 Å². The number of ether oxygens (including phenoxy) is 1. The Bertz CT molecular complexity index is 1060. The number of nitrogens with one attached hydrogen (secondary N) is 1. The van der Waals surface area contributed by atoms with Gasteiger partial charge in [0.1, 0.15) is 12.4 Å². The number of benzene rings is 1. The van der Waals surface area contributed by atoms with Crippen molar-refractivity contribution in [3.05, 3.63) is 48.3 Å². The van der Waals surface area contributed by atoms with E-state index in [0.717, 1.165) is 29.1 Å². The number of amides is 2. The van der Waals surface area contributed by atoms with Gasteiger partial charge in [-0.3, -0.25) is 9.88 Å². The maximum absolute atomic E-state index is 12.6. The first-order chi connectivity index (χ1) is 14.7. The summed E-state index contributed by atoms with van der Waals surface area (Å²) in [5.74, 6) is 1.41. The Kier molecular flexibility index (Phi) is 5.06. The molecule has 1 aromatic carbocycles. The minimum atomic E-state index is -0.207. The molecule has 5 rings (SSSR count). The van der Waals surface area contributed by atoms with Crippen molar-refractivity contribution in [2.24, 2.45) is 0 Å². The average molecular weight is 423 g/mol. The highest BCUT2D eigenvalue weighted by atomic mass is 32.1. The molecule has 2 amide bonds. The van der Waals surface area contributed by atoms with E-state index in [-0.39, 0.29) is 6.03 Å². The first kappa shape index (κ1) is 19.0. The topological polar surface area (TPSA) is 83.5 Å². The molecule has 154 valence electrons. The van der Waals surface area contributed by atoms with Crippen LogP contribution in [0.15, 0.2) is 42.7 Å². The molecule has 0 radical (unpaired) electrons. The number of urea groups is 1. The predicted octanol–water partition coefficient (Wildman–Crippen LogP) is 3.63. The summed E-state index contributed by atoms with van der Waals surface area (Å²) in [6.45, 7) is 2.23. The van der Waals surface area contributed by atoms with E-state index in [0.29, 0.717) is 30.1 Å². The van der Waals surface area contributed by atoms with E-state index < -0.39 is 0 Å². The van der Waals surface area contributed by atoms with E-state index in [1.54, 1.807) is 17.3 Å². The van der Waals surface area contributed by atoms with E-state index >= 15 is 0 Å². The fraction of sp³-hybridized carbons (Fsp3) is 0.333. The van der Waals surface area contributed by atoms with Crippen LogP contribution < -0.4 is 15.0 Å². The summed E-state index contributed by atoms with van der Waals surface area (Å²) in [7, 11) is 2.14. The smallest absolute Gasteiger partial charge is 0.328 e. The van der Waals surface area contributed by atoms with E-state index in [4.69, 9.17) is 4.74 Å². The maximum Gasteiger partial charge on any atom is 0.328 e. The van der Waals surface area contributed by atoms with Gasteiger partial charge in [0.2, 0.25) is 5.13 Å². The second kappa shape index (κ2) is 8.00. The van der Waals surface area contributed by atoms with Gasteiger partial charge in [0.15, 0.2) is 5.82 Å². The molecule has 9 heteroatoms. The second-order valence-corrected chi connectivity index (χ2v) is 8.29. The Morgan fingerprint density at radius 1 is 1.27 bits per heavy atom. The average Bonchev–Trinajstić information content (AvgIpc) is 3.42. The van der Waals surface area contributed by atoms with E-state index in [9.17, 15) is 4.79 Å². The van der Waals surface area contributed by atoms with Gasteiger partial charge in [-0.05, 0) is 62.3 Å².